The molecular formula is C15H24NO4P. The molecule has 0 saturated carbocycles. The number of benzene rings is 1. The van der Waals surface area contributed by atoms with Crippen LogP contribution in [0.3, 0.4) is 0 Å². The van der Waals surface area contributed by atoms with Crippen molar-refractivity contribution in [2.24, 2.45) is 0 Å². The summed E-state index contributed by atoms with van der Waals surface area (Å²) in [6.07, 6.45) is -0.213. The molecule has 118 valence electrons. The van der Waals surface area contributed by atoms with Gasteiger partial charge in [0.25, 0.3) is 0 Å². The second kappa shape index (κ2) is 7.62. The summed E-state index contributed by atoms with van der Waals surface area (Å²) in [6.45, 7) is 8.74. The zero-order chi connectivity index (χ0) is 16.0. The zero-order valence-corrected chi connectivity index (χ0v) is 14.1. The number of nitrogens with one attached hydrogen (secondary N) is 1. The Morgan fingerprint density at radius 2 is 1.67 bits per heavy atom. The van der Waals surface area contributed by atoms with Crippen molar-refractivity contribution in [1.82, 2.24) is 5.09 Å². The summed E-state index contributed by atoms with van der Waals surface area (Å²) in [4.78, 5) is 11.8. The van der Waals surface area contributed by atoms with E-state index >= 15 is 0 Å². The summed E-state index contributed by atoms with van der Waals surface area (Å²) in [7, 11) is -3.22. The molecule has 0 aliphatic rings. The number of hydrogen-bond acceptors (Lipinski definition) is 4. The number of carbonyl (C=O) groups excluding carboxylic acids is 1. The summed E-state index contributed by atoms with van der Waals surface area (Å²) in [5.41, 5.74) is -0.271. The highest BCUT2D eigenvalue weighted by atomic mass is 31.2. The number of esters is 1. The Labute approximate surface area is 126 Å². The Hall–Kier alpha value is -1.32. The molecule has 0 bridgehead atoms. The van der Waals surface area contributed by atoms with E-state index in [0.717, 1.165) is 0 Å². The zero-order valence-electron chi connectivity index (χ0n) is 13.2. The first-order valence-electron chi connectivity index (χ1n) is 7.07. The fourth-order valence-electron chi connectivity index (χ4n) is 1.58. The van der Waals surface area contributed by atoms with Crippen LogP contribution in [0.25, 0.3) is 0 Å². The van der Waals surface area contributed by atoms with E-state index in [1.54, 1.807) is 58.9 Å². The first kappa shape index (κ1) is 17.7. The van der Waals surface area contributed by atoms with Gasteiger partial charge in [-0.1, -0.05) is 32.0 Å². The van der Waals surface area contributed by atoms with E-state index < -0.39 is 19.5 Å². The van der Waals surface area contributed by atoms with Crippen LogP contribution in [0, 0.1) is 0 Å². The van der Waals surface area contributed by atoms with Crippen LogP contribution in [0.15, 0.2) is 30.3 Å². The number of rotatable bonds is 7. The van der Waals surface area contributed by atoms with Crippen molar-refractivity contribution in [3.05, 3.63) is 30.3 Å². The van der Waals surface area contributed by atoms with Gasteiger partial charge in [-0.25, -0.2) is 5.09 Å². The van der Waals surface area contributed by atoms with Gasteiger partial charge in [-0.2, -0.15) is 0 Å². The lowest BCUT2D eigenvalue weighted by molar-refractivity contribution is -0.149. The molecule has 2 atom stereocenters. The van der Waals surface area contributed by atoms with Crippen molar-refractivity contribution in [1.29, 1.82) is 0 Å². The van der Waals surface area contributed by atoms with Crippen molar-refractivity contribution in [2.45, 2.75) is 52.4 Å². The molecule has 0 saturated heterocycles. The Morgan fingerprint density at radius 1 is 1.10 bits per heavy atom. The van der Waals surface area contributed by atoms with Gasteiger partial charge in [0.2, 0.25) is 0 Å². The predicted octanol–water partition coefficient (Wildman–Crippen LogP) is 3.60. The second-order valence-corrected chi connectivity index (χ2v) is 8.10. The van der Waals surface area contributed by atoms with Crippen LogP contribution in [0.5, 0.6) is 5.75 Å². The summed E-state index contributed by atoms with van der Waals surface area (Å²) in [6, 6.07) is 8.21. The second-order valence-electron chi connectivity index (χ2n) is 5.43. The average Bonchev–Trinajstić information content (AvgIpc) is 2.38. The van der Waals surface area contributed by atoms with E-state index in [1.807, 2.05) is 6.07 Å². The highest BCUT2D eigenvalue weighted by Crippen LogP contribution is 2.48. The molecule has 0 spiro atoms. The van der Waals surface area contributed by atoms with E-state index in [4.69, 9.17) is 9.26 Å². The molecule has 0 aliphatic heterocycles. The minimum Gasteiger partial charge on any atom is -0.462 e. The van der Waals surface area contributed by atoms with Crippen LogP contribution in [-0.4, -0.2) is 23.8 Å². The molecule has 21 heavy (non-hydrogen) atoms. The van der Waals surface area contributed by atoms with Gasteiger partial charge in [-0.3, -0.25) is 9.36 Å². The average molecular weight is 313 g/mol. The van der Waals surface area contributed by atoms with Crippen molar-refractivity contribution in [2.75, 3.05) is 0 Å². The lowest BCUT2D eigenvalue weighted by Gasteiger charge is -2.26. The highest BCUT2D eigenvalue weighted by Gasteiger charge is 2.33. The molecule has 5 nitrogen and oxygen atoms in total. The predicted molar refractivity (Wildman–Crippen MR) is 83.6 cm³/mol. The molecule has 1 aromatic rings. The highest BCUT2D eigenvalue weighted by molar-refractivity contribution is 7.58. The molecule has 0 aliphatic carbocycles. The standard InChI is InChI=1S/C15H24NO4P/c1-11(2)19-15(17)13(5)16-21(18,12(3)4)20-14-9-7-6-8-10-14/h6-13H,1-5H3,(H,16,18)/t13-,21-/m1/s1. The van der Waals surface area contributed by atoms with Crippen LogP contribution in [0.4, 0.5) is 0 Å². The quantitative estimate of drug-likeness (QED) is 0.615. The van der Waals surface area contributed by atoms with Crippen LogP contribution >= 0.6 is 7.52 Å². The summed E-state index contributed by atoms with van der Waals surface area (Å²) >= 11 is 0. The lowest BCUT2D eigenvalue weighted by Crippen LogP contribution is -2.37. The summed E-state index contributed by atoms with van der Waals surface area (Å²) < 4.78 is 23.7. The molecule has 0 radical (unpaired) electrons. The van der Waals surface area contributed by atoms with E-state index in [-0.39, 0.29) is 11.8 Å². The van der Waals surface area contributed by atoms with Crippen LogP contribution in [0.2, 0.25) is 0 Å². The van der Waals surface area contributed by atoms with E-state index in [9.17, 15) is 9.36 Å². The Morgan fingerprint density at radius 3 is 2.14 bits per heavy atom. The Bertz CT molecular complexity index is 502. The topological polar surface area (TPSA) is 64.6 Å². The van der Waals surface area contributed by atoms with Crippen molar-refractivity contribution in [3.8, 4) is 5.75 Å². The van der Waals surface area contributed by atoms with E-state index in [2.05, 4.69) is 5.09 Å². The maximum Gasteiger partial charge on any atom is 0.323 e. The summed E-state index contributed by atoms with van der Waals surface area (Å²) in [5, 5.41) is 2.81. The molecule has 0 unspecified atom stereocenters. The van der Waals surface area contributed by atoms with Crippen molar-refractivity contribution >= 4 is 13.5 Å². The van der Waals surface area contributed by atoms with Gasteiger partial charge in [0.1, 0.15) is 11.8 Å². The fourth-order valence-corrected chi connectivity index (χ4v) is 3.22. The molecule has 0 aromatic heterocycles. The van der Waals surface area contributed by atoms with Gasteiger partial charge in [-0.15, -0.1) is 0 Å². The van der Waals surface area contributed by atoms with Crippen LogP contribution in [-0.2, 0) is 14.1 Å². The minimum atomic E-state index is -3.22. The Balaban J connectivity index is 2.81. The minimum absolute atomic E-state index is 0.213. The van der Waals surface area contributed by atoms with Gasteiger partial charge in [0.05, 0.1) is 11.8 Å². The number of ether oxygens (including phenoxy) is 1. The van der Waals surface area contributed by atoms with Gasteiger partial charge in [0.15, 0.2) is 0 Å². The maximum atomic E-state index is 12.9. The number of carbonyl (C=O) groups is 1. The normalized spacial score (nSPS) is 15.6. The smallest absolute Gasteiger partial charge is 0.323 e. The van der Waals surface area contributed by atoms with Gasteiger partial charge in [0, 0.05) is 0 Å². The monoisotopic (exact) mass is 313 g/mol. The Kier molecular flexibility index (Phi) is 6.43. The number of hydrogen-bond donors (Lipinski definition) is 1. The third-order valence-electron chi connectivity index (χ3n) is 2.74. The maximum absolute atomic E-state index is 12.9. The molecule has 0 amide bonds. The summed E-state index contributed by atoms with van der Waals surface area (Å²) in [5.74, 6) is 0.0639. The van der Waals surface area contributed by atoms with Crippen LogP contribution < -0.4 is 9.61 Å². The molecule has 6 heteroatoms. The largest absolute Gasteiger partial charge is 0.462 e. The first-order valence-corrected chi connectivity index (χ1v) is 8.76. The molecule has 1 N–H and O–H groups in total. The van der Waals surface area contributed by atoms with Crippen molar-refractivity contribution < 1.29 is 18.6 Å². The van der Waals surface area contributed by atoms with Gasteiger partial charge < -0.3 is 9.26 Å². The SMILES string of the molecule is CC(C)OC(=O)[C@@H](C)N[P@](=O)(Oc1ccccc1)C(C)C. The van der Waals surface area contributed by atoms with Gasteiger partial charge >= 0.3 is 13.5 Å². The molecule has 0 heterocycles. The lowest BCUT2D eigenvalue weighted by atomic mass is 10.3. The molecule has 1 aromatic carbocycles. The molecule has 1 rings (SSSR count). The first-order chi connectivity index (χ1) is 9.74. The van der Waals surface area contributed by atoms with Crippen LogP contribution in [0.1, 0.15) is 34.6 Å². The third kappa shape index (κ3) is 5.52. The van der Waals surface area contributed by atoms with E-state index in [1.165, 1.54) is 0 Å². The molecular weight excluding hydrogens is 289 g/mol. The third-order valence-corrected chi connectivity index (χ3v) is 5.33. The van der Waals surface area contributed by atoms with E-state index in [0.29, 0.717) is 5.75 Å². The fraction of sp³-hybridized carbons (Fsp3) is 0.533. The van der Waals surface area contributed by atoms with Crippen molar-refractivity contribution in [3.63, 3.8) is 0 Å². The van der Waals surface area contributed by atoms with Gasteiger partial charge in [-0.05, 0) is 32.9 Å². The molecule has 0 fully saturated rings. The number of para-hydroxylation sites is 1.